The van der Waals surface area contributed by atoms with Crippen LogP contribution in [0.25, 0.3) is 0 Å². The fourth-order valence-electron chi connectivity index (χ4n) is 2.88. The summed E-state index contributed by atoms with van der Waals surface area (Å²) in [6, 6.07) is 10.1. The van der Waals surface area contributed by atoms with Gasteiger partial charge in [-0.15, -0.1) is 0 Å². The third-order valence-electron chi connectivity index (χ3n) is 4.28. The van der Waals surface area contributed by atoms with Gasteiger partial charge in [0, 0.05) is 5.56 Å². The van der Waals surface area contributed by atoms with Gasteiger partial charge in [-0.05, 0) is 25.5 Å². The van der Waals surface area contributed by atoms with Crippen molar-refractivity contribution in [1.82, 2.24) is 10.2 Å². The molecule has 1 aliphatic rings. The van der Waals surface area contributed by atoms with Gasteiger partial charge in [0.25, 0.3) is 5.91 Å². The summed E-state index contributed by atoms with van der Waals surface area (Å²) >= 11 is 0. The Morgan fingerprint density at radius 3 is 2.60 bits per heavy atom. The summed E-state index contributed by atoms with van der Waals surface area (Å²) in [4.78, 5) is 37.9. The number of imide groups is 1. The molecule has 2 aromatic rings. The van der Waals surface area contributed by atoms with Crippen LogP contribution in [0.1, 0.15) is 34.4 Å². The number of carbonyl (C=O) groups excluding carboxylic acids is 3. The number of methoxy groups -OCH3 is 1. The summed E-state index contributed by atoms with van der Waals surface area (Å²) in [5, 5.41) is 2.73. The zero-order valence-corrected chi connectivity index (χ0v) is 14.2. The highest BCUT2D eigenvalue weighted by atomic mass is 16.5. The van der Waals surface area contributed by atoms with E-state index in [9.17, 15) is 14.4 Å². The molecule has 7 heteroatoms. The highest BCUT2D eigenvalue weighted by Crippen LogP contribution is 2.30. The number of rotatable bonds is 4. The number of hydrogen-bond donors (Lipinski definition) is 1. The van der Waals surface area contributed by atoms with E-state index in [1.807, 2.05) is 6.07 Å². The molecule has 3 amide bonds. The molecule has 1 saturated heterocycles. The Bertz CT molecular complexity index is 842. The second kappa shape index (κ2) is 6.08. The zero-order valence-electron chi connectivity index (χ0n) is 14.2. The first-order valence-corrected chi connectivity index (χ1v) is 7.74. The van der Waals surface area contributed by atoms with Crippen LogP contribution in [0.4, 0.5) is 4.79 Å². The van der Waals surface area contributed by atoms with Crippen molar-refractivity contribution in [2.24, 2.45) is 0 Å². The summed E-state index contributed by atoms with van der Waals surface area (Å²) in [5.41, 5.74) is 0.145. The molecule has 1 unspecified atom stereocenters. The lowest BCUT2D eigenvalue weighted by molar-refractivity contribution is -0.131. The van der Waals surface area contributed by atoms with Gasteiger partial charge in [0.2, 0.25) is 5.76 Å². The first-order chi connectivity index (χ1) is 11.9. The van der Waals surface area contributed by atoms with Crippen LogP contribution in [0.5, 0.6) is 0 Å². The lowest BCUT2D eigenvalue weighted by Crippen LogP contribution is -2.40. The molecule has 1 atom stereocenters. The molecule has 3 rings (SSSR count). The van der Waals surface area contributed by atoms with Crippen LogP contribution < -0.4 is 5.32 Å². The van der Waals surface area contributed by atoms with E-state index in [-0.39, 0.29) is 18.2 Å². The molecule has 0 bridgehead atoms. The summed E-state index contributed by atoms with van der Waals surface area (Å²) in [7, 11) is 1.26. The Kier molecular flexibility index (Phi) is 4.08. The highest BCUT2D eigenvalue weighted by Gasteiger charge is 2.49. The van der Waals surface area contributed by atoms with Gasteiger partial charge >= 0.3 is 12.0 Å². The van der Waals surface area contributed by atoms with Crippen molar-refractivity contribution in [3.63, 3.8) is 0 Å². The second-order valence-electron chi connectivity index (χ2n) is 6.03. The van der Waals surface area contributed by atoms with Crippen LogP contribution in [-0.4, -0.2) is 29.9 Å². The van der Waals surface area contributed by atoms with E-state index in [0.29, 0.717) is 16.9 Å². The minimum absolute atomic E-state index is 0.0646. The van der Waals surface area contributed by atoms with E-state index >= 15 is 0 Å². The Morgan fingerprint density at radius 2 is 1.96 bits per heavy atom. The molecule has 1 N–H and O–H groups in total. The fraction of sp³-hybridized carbons (Fsp3) is 0.278. The number of hydrogen-bond acceptors (Lipinski definition) is 5. The summed E-state index contributed by atoms with van der Waals surface area (Å²) in [5.74, 6) is -0.582. The third kappa shape index (κ3) is 2.77. The number of urea groups is 1. The Hall–Kier alpha value is -3.09. The SMILES string of the molecule is COC(=O)c1oc(CN2C(=O)NC(C)(c3ccccc3)C2=O)cc1C. The average molecular weight is 342 g/mol. The molecular weight excluding hydrogens is 324 g/mol. The Balaban J connectivity index is 1.86. The standard InChI is InChI=1S/C18H18N2O5/c1-11-9-13(25-14(11)15(21)24-3)10-20-16(22)18(2,19-17(20)23)12-7-5-4-6-8-12/h4-9H,10H2,1-3H3,(H,19,23). The lowest BCUT2D eigenvalue weighted by atomic mass is 9.92. The normalized spacial score (nSPS) is 19.9. The number of aryl methyl sites for hydroxylation is 1. The number of esters is 1. The molecule has 0 spiro atoms. The number of nitrogens with zero attached hydrogens (tertiary/aromatic N) is 1. The third-order valence-corrected chi connectivity index (χ3v) is 4.28. The Morgan fingerprint density at radius 1 is 1.28 bits per heavy atom. The minimum Gasteiger partial charge on any atom is -0.463 e. The summed E-state index contributed by atoms with van der Waals surface area (Å²) in [6.07, 6.45) is 0. The van der Waals surface area contributed by atoms with E-state index < -0.39 is 17.5 Å². The van der Waals surface area contributed by atoms with Crippen molar-refractivity contribution in [3.8, 4) is 0 Å². The van der Waals surface area contributed by atoms with E-state index in [1.165, 1.54) is 7.11 Å². The van der Waals surface area contributed by atoms with Gasteiger partial charge in [0.1, 0.15) is 11.3 Å². The molecule has 0 aliphatic carbocycles. The van der Waals surface area contributed by atoms with Crippen LogP contribution in [0, 0.1) is 6.92 Å². The van der Waals surface area contributed by atoms with Crippen molar-refractivity contribution in [1.29, 1.82) is 0 Å². The molecule has 1 fully saturated rings. The summed E-state index contributed by atoms with van der Waals surface area (Å²) in [6.45, 7) is 3.29. The topological polar surface area (TPSA) is 88.8 Å². The van der Waals surface area contributed by atoms with Gasteiger partial charge < -0.3 is 14.5 Å². The monoisotopic (exact) mass is 342 g/mol. The number of carbonyl (C=O) groups is 3. The first-order valence-electron chi connectivity index (χ1n) is 7.74. The van der Waals surface area contributed by atoms with Crippen molar-refractivity contribution in [2.45, 2.75) is 25.9 Å². The van der Waals surface area contributed by atoms with Crippen LogP contribution in [0.2, 0.25) is 0 Å². The second-order valence-corrected chi connectivity index (χ2v) is 6.03. The predicted molar refractivity (Wildman–Crippen MR) is 87.7 cm³/mol. The van der Waals surface area contributed by atoms with Crippen LogP contribution in [-0.2, 0) is 21.6 Å². The van der Waals surface area contributed by atoms with Gasteiger partial charge in [0.15, 0.2) is 0 Å². The fourth-order valence-corrected chi connectivity index (χ4v) is 2.88. The van der Waals surface area contributed by atoms with E-state index in [4.69, 9.17) is 4.42 Å². The van der Waals surface area contributed by atoms with E-state index in [2.05, 4.69) is 10.1 Å². The minimum atomic E-state index is -1.13. The number of ether oxygens (including phenoxy) is 1. The van der Waals surface area contributed by atoms with Crippen molar-refractivity contribution >= 4 is 17.9 Å². The maximum Gasteiger partial charge on any atom is 0.374 e. The lowest BCUT2D eigenvalue weighted by Gasteiger charge is -2.21. The molecule has 1 aromatic heterocycles. The maximum atomic E-state index is 12.8. The highest BCUT2D eigenvalue weighted by molar-refractivity contribution is 6.07. The molecule has 1 aliphatic heterocycles. The Labute approximate surface area is 144 Å². The maximum absolute atomic E-state index is 12.8. The average Bonchev–Trinajstić information content (AvgIpc) is 3.08. The van der Waals surface area contributed by atoms with Crippen LogP contribution in [0.3, 0.4) is 0 Å². The van der Waals surface area contributed by atoms with Gasteiger partial charge in [0.05, 0.1) is 13.7 Å². The van der Waals surface area contributed by atoms with E-state index in [1.54, 1.807) is 44.2 Å². The largest absolute Gasteiger partial charge is 0.463 e. The van der Waals surface area contributed by atoms with Crippen molar-refractivity contribution in [3.05, 3.63) is 59.0 Å². The quantitative estimate of drug-likeness (QED) is 0.680. The predicted octanol–water partition coefficient (Wildman–Crippen LogP) is 2.34. The van der Waals surface area contributed by atoms with Crippen molar-refractivity contribution in [2.75, 3.05) is 7.11 Å². The van der Waals surface area contributed by atoms with Gasteiger partial charge in [-0.3, -0.25) is 9.69 Å². The molecule has 2 heterocycles. The first kappa shape index (κ1) is 16.8. The number of furan rings is 1. The van der Waals surface area contributed by atoms with Gasteiger partial charge in [-0.2, -0.15) is 0 Å². The smallest absolute Gasteiger partial charge is 0.374 e. The van der Waals surface area contributed by atoms with Crippen LogP contribution in [0.15, 0.2) is 40.8 Å². The van der Waals surface area contributed by atoms with Gasteiger partial charge in [-0.25, -0.2) is 9.59 Å². The number of nitrogens with one attached hydrogen (secondary N) is 1. The van der Waals surface area contributed by atoms with Gasteiger partial charge in [-0.1, -0.05) is 30.3 Å². The zero-order chi connectivity index (χ0) is 18.2. The molecule has 7 nitrogen and oxygen atoms in total. The molecule has 0 radical (unpaired) electrons. The molecular formula is C18H18N2O5. The number of benzene rings is 1. The van der Waals surface area contributed by atoms with E-state index in [0.717, 1.165) is 4.90 Å². The van der Waals surface area contributed by atoms with Crippen molar-refractivity contribution < 1.29 is 23.5 Å². The summed E-state index contributed by atoms with van der Waals surface area (Å²) < 4.78 is 10.1. The van der Waals surface area contributed by atoms with Crippen LogP contribution >= 0.6 is 0 Å². The molecule has 0 saturated carbocycles. The molecule has 1 aromatic carbocycles. The number of amides is 3. The molecule has 130 valence electrons. The molecule has 25 heavy (non-hydrogen) atoms.